The maximum absolute atomic E-state index is 13.0. The lowest BCUT2D eigenvalue weighted by Gasteiger charge is -2.21. The summed E-state index contributed by atoms with van der Waals surface area (Å²) in [7, 11) is 1.64. The first-order valence-corrected chi connectivity index (χ1v) is 7.36. The molecule has 2 unspecified atom stereocenters. The molecule has 2 rings (SSSR count). The lowest BCUT2D eigenvalue weighted by Crippen LogP contribution is -2.40. The van der Waals surface area contributed by atoms with Gasteiger partial charge in [0, 0.05) is 32.2 Å². The molecular formula is C16H23FN2O2. The van der Waals surface area contributed by atoms with Crippen molar-refractivity contribution in [2.45, 2.75) is 25.3 Å². The maximum atomic E-state index is 13.0. The van der Waals surface area contributed by atoms with Gasteiger partial charge in [-0.2, -0.15) is 0 Å². The van der Waals surface area contributed by atoms with E-state index in [0.29, 0.717) is 32.2 Å². The van der Waals surface area contributed by atoms with Crippen LogP contribution in [-0.4, -0.2) is 50.2 Å². The molecule has 0 spiro atoms. The second-order valence-corrected chi connectivity index (χ2v) is 5.55. The van der Waals surface area contributed by atoms with Gasteiger partial charge in [0.25, 0.3) is 0 Å². The lowest BCUT2D eigenvalue weighted by atomic mass is 9.97. The number of hydrogen-bond acceptors (Lipinski definition) is 3. The van der Waals surface area contributed by atoms with Crippen molar-refractivity contribution in [2.75, 3.05) is 33.4 Å². The number of rotatable bonds is 6. The average molecular weight is 294 g/mol. The van der Waals surface area contributed by atoms with Crippen molar-refractivity contribution in [3.8, 4) is 0 Å². The predicted octanol–water partition coefficient (Wildman–Crippen LogP) is 1.77. The standard InChI is InChI=1S/C16H23FN2O2/c1-12-9-14(13-3-5-15(17)6-4-13)11-19(12)16(20)10-18-7-8-21-2/h3-6,12,14,18H,7-11H2,1-2H3. The number of likely N-dealkylation sites (tertiary alicyclic amines) is 1. The van der Waals surface area contributed by atoms with Crippen LogP contribution in [0.1, 0.15) is 24.8 Å². The highest BCUT2D eigenvalue weighted by atomic mass is 19.1. The third kappa shape index (κ3) is 4.25. The molecule has 1 aromatic rings. The molecule has 21 heavy (non-hydrogen) atoms. The number of nitrogens with zero attached hydrogens (tertiary/aromatic N) is 1. The van der Waals surface area contributed by atoms with Crippen LogP contribution in [0.5, 0.6) is 0 Å². The maximum Gasteiger partial charge on any atom is 0.236 e. The molecule has 5 heteroatoms. The van der Waals surface area contributed by atoms with E-state index in [2.05, 4.69) is 12.2 Å². The molecule has 1 amide bonds. The Kier molecular flexibility index (Phi) is 5.70. The van der Waals surface area contributed by atoms with Crippen molar-refractivity contribution >= 4 is 5.91 Å². The fourth-order valence-electron chi connectivity index (χ4n) is 2.83. The van der Waals surface area contributed by atoms with E-state index in [1.807, 2.05) is 17.0 Å². The zero-order valence-corrected chi connectivity index (χ0v) is 12.6. The third-order valence-electron chi connectivity index (χ3n) is 4.00. The number of benzene rings is 1. The molecule has 1 aliphatic rings. The highest BCUT2D eigenvalue weighted by Crippen LogP contribution is 2.31. The number of ether oxygens (including phenoxy) is 1. The third-order valence-corrected chi connectivity index (χ3v) is 4.00. The Morgan fingerprint density at radius 3 is 2.81 bits per heavy atom. The van der Waals surface area contributed by atoms with E-state index in [-0.39, 0.29) is 17.8 Å². The monoisotopic (exact) mass is 294 g/mol. The molecule has 0 radical (unpaired) electrons. The zero-order chi connectivity index (χ0) is 15.2. The Hall–Kier alpha value is -1.46. The Labute approximate surface area is 125 Å². The number of nitrogens with one attached hydrogen (secondary N) is 1. The first-order valence-electron chi connectivity index (χ1n) is 7.36. The Balaban J connectivity index is 1.88. The first-order chi connectivity index (χ1) is 10.1. The number of carbonyl (C=O) groups is 1. The number of hydrogen-bond donors (Lipinski definition) is 1. The van der Waals surface area contributed by atoms with Gasteiger partial charge in [0.15, 0.2) is 0 Å². The molecule has 1 heterocycles. The second kappa shape index (κ2) is 7.52. The van der Waals surface area contributed by atoms with E-state index in [9.17, 15) is 9.18 Å². The van der Waals surface area contributed by atoms with Gasteiger partial charge in [-0.1, -0.05) is 12.1 Å². The van der Waals surface area contributed by atoms with E-state index >= 15 is 0 Å². The molecule has 1 fully saturated rings. The molecule has 0 aromatic heterocycles. The molecular weight excluding hydrogens is 271 g/mol. The highest BCUT2D eigenvalue weighted by Gasteiger charge is 2.32. The topological polar surface area (TPSA) is 41.6 Å². The van der Waals surface area contributed by atoms with Crippen LogP contribution in [-0.2, 0) is 9.53 Å². The van der Waals surface area contributed by atoms with E-state index in [4.69, 9.17) is 4.74 Å². The smallest absolute Gasteiger partial charge is 0.236 e. The summed E-state index contributed by atoms with van der Waals surface area (Å²) >= 11 is 0. The summed E-state index contributed by atoms with van der Waals surface area (Å²) < 4.78 is 17.9. The molecule has 1 saturated heterocycles. The Morgan fingerprint density at radius 1 is 1.43 bits per heavy atom. The van der Waals surface area contributed by atoms with E-state index < -0.39 is 0 Å². The lowest BCUT2D eigenvalue weighted by molar-refractivity contribution is -0.130. The summed E-state index contributed by atoms with van der Waals surface area (Å²) in [5, 5.41) is 3.08. The van der Waals surface area contributed by atoms with Gasteiger partial charge in [0.05, 0.1) is 13.2 Å². The van der Waals surface area contributed by atoms with Crippen molar-refractivity contribution in [1.29, 1.82) is 0 Å². The quantitative estimate of drug-likeness (QED) is 0.813. The molecule has 4 nitrogen and oxygen atoms in total. The summed E-state index contributed by atoms with van der Waals surface area (Å²) in [4.78, 5) is 14.1. The van der Waals surface area contributed by atoms with Crippen LogP contribution in [0.4, 0.5) is 4.39 Å². The molecule has 1 aliphatic heterocycles. The van der Waals surface area contributed by atoms with E-state index in [1.54, 1.807) is 7.11 Å². The summed E-state index contributed by atoms with van der Waals surface area (Å²) in [5.41, 5.74) is 1.10. The summed E-state index contributed by atoms with van der Waals surface area (Å²) in [6, 6.07) is 6.82. The predicted molar refractivity (Wildman–Crippen MR) is 79.7 cm³/mol. The van der Waals surface area contributed by atoms with Crippen LogP contribution < -0.4 is 5.32 Å². The zero-order valence-electron chi connectivity index (χ0n) is 12.6. The van der Waals surface area contributed by atoms with Crippen molar-refractivity contribution in [3.63, 3.8) is 0 Å². The minimum atomic E-state index is -0.222. The SMILES string of the molecule is COCCNCC(=O)N1CC(c2ccc(F)cc2)CC1C. The van der Waals surface area contributed by atoms with Crippen LogP contribution in [0.3, 0.4) is 0 Å². The van der Waals surface area contributed by atoms with Crippen molar-refractivity contribution in [3.05, 3.63) is 35.6 Å². The average Bonchev–Trinajstić information content (AvgIpc) is 2.86. The fraction of sp³-hybridized carbons (Fsp3) is 0.562. The molecule has 1 aromatic carbocycles. The molecule has 2 atom stereocenters. The van der Waals surface area contributed by atoms with Gasteiger partial charge in [-0.05, 0) is 31.0 Å². The molecule has 0 aliphatic carbocycles. The summed E-state index contributed by atoms with van der Waals surface area (Å²) in [6.07, 6.45) is 0.926. The van der Waals surface area contributed by atoms with Gasteiger partial charge in [0.2, 0.25) is 5.91 Å². The molecule has 1 N–H and O–H groups in total. The van der Waals surface area contributed by atoms with Crippen LogP contribution in [0.2, 0.25) is 0 Å². The van der Waals surface area contributed by atoms with Crippen molar-refractivity contribution in [1.82, 2.24) is 10.2 Å². The molecule has 0 saturated carbocycles. The van der Waals surface area contributed by atoms with Gasteiger partial charge >= 0.3 is 0 Å². The normalized spacial score (nSPS) is 21.8. The van der Waals surface area contributed by atoms with Crippen molar-refractivity contribution in [2.24, 2.45) is 0 Å². The van der Waals surface area contributed by atoms with E-state index in [0.717, 1.165) is 12.0 Å². The van der Waals surface area contributed by atoms with Crippen molar-refractivity contribution < 1.29 is 13.9 Å². The minimum Gasteiger partial charge on any atom is -0.383 e. The number of methoxy groups -OCH3 is 1. The molecule has 116 valence electrons. The van der Waals surface area contributed by atoms with Crippen LogP contribution in [0.15, 0.2) is 24.3 Å². The summed E-state index contributed by atoms with van der Waals surface area (Å²) in [5.74, 6) is 0.187. The van der Waals surface area contributed by atoms with Crippen LogP contribution in [0.25, 0.3) is 0 Å². The largest absolute Gasteiger partial charge is 0.383 e. The fourth-order valence-corrected chi connectivity index (χ4v) is 2.83. The second-order valence-electron chi connectivity index (χ2n) is 5.55. The molecule has 0 bridgehead atoms. The summed E-state index contributed by atoms with van der Waals surface area (Å²) in [6.45, 7) is 4.38. The number of amides is 1. The number of halogens is 1. The van der Waals surface area contributed by atoms with Gasteiger partial charge < -0.3 is 15.0 Å². The van der Waals surface area contributed by atoms with Gasteiger partial charge in [-0.3, -0.25) is 4.79 Å². The van der Waals surface area contributed by atoms with E-state index in [1.165, 1.54) is 12.1 Å². The Bertz CT molecular complexity index is 464. The highest BCUT2D eigenvalue weighted by molar-refractivity contribution is 5.79. The number of carbonyl (C=O) groups excluding carboxylic acids is 1. The first kappa shape index (κ1) is 15.9. The van der Waals surface area contributed by atoms with Gasteiger partial charge in [-0.15, -0.1) is 0 Å². The van der Waals surface area contributed by atoms with Crippen LogP contribution >= 0.6 is 0 Å². The van der Waals surface area contributed by atoms with Crippen LogP contribution in [0, 0.1) is 5.82 Å². The Morgan fingerprint density at radius 2 is 2.14 bits per heavy atom. The minimum absolute atomic E-state index is 0.114. The van der Waals surface area contributed by atoms with Gasteiger partial charge in [0.1, 0.15) is 5.82 Å². The van der Waals surface area contributed by atoms with Gasteiger partial charge in [-0.25, -0.2) is 4.39 Å².